The summed E-state index contributed by atoms with van der Waals surface area (Å²) >= 11 is 0. The molecule has 14 aromatic rings. The Labute approximate surface area is 717 Å². The SMILES string of the molecule is CCOC(=O)Cc1noc2ccc3cc(N=C(c4ccccc4)c4ccccc4)ccc3c12.CS(=O)(=O)N(c1ccc2c(ccc3onc(C4CCC(=O)CC4=O)c32)c1)S(C)(=O)=O.CS(=O)(=O)Nc1ccc2c(ccc3onc(C4CCC(=O)CC4=O)c32)c1.Nc1ccc2c(ccc3onc(C4CCC(=O)CC4=O)c32)c1.[CH3-].[CH3-].[CH3-].[W].[W].[W]. The van der Waals surface area contributed by atoms with E-state index in [-0.39, 0.29) is 170 Å². The number of nitrogen functional groups attached to an aromatic ring is 1. The summed E-state index contributed by atoms with van der Waals surface area (Å²) in [5.41, 5.74) is 15.3. The smallest absolute Gasteiger partial charge is 0.312 e. The Balaban J connectivity index is 0.000000193. The average Bonchev–Trinajstić information content (AvgIpc) is 1.73. The van der Waals surface area contributed by atoms with E-state index in [0.29, 0.717) is 115 Å². The molecule has 4 aromatic heterocycles. The Morgan fingerprint density at radius 1 is 0.479 bits per heavy atom. The number of anilines is 3. The molecular weight excluding hydrogens is 2070 g/mol. The minimum Gasteiger partial charge on any atom is -0.466 e. The largest absolute Gasteiger partial charge is 0.466 e. The molecule has 0 amide bonds. The van der Waals surface area contributed by atoms with E-state index >= 15 is 0 Å². The molecule has 117 heavy (non-hydrogen) atoms. The van der Waals surface area contributed by atoms with Crippen LogP contribution in [0.15, 0.2) is 205 Å². The summed E-state index contributed by atoms with van der Waals surface area (Å²) in [6.07, 6.45) is 4.95. The molecule has 17 rings (SSSR count). The number of aliphatic imine (C=N–C) groups is 1. The fourth-order valence-corrected chi connectivity index (χ4v) is 18.1. The third-order valence-electron chi connectivity index (χ3n) is 19.4. The fourth-order valence-electron chi connectivity index (χ4n) is 14.6. The number of ketones is 6. The second-order valence-electron chi connectivity index (χ2n) is 27.4. The van der Waals surface area contributed by atoms with Crippen molar-refractivity contribution in [3.05, 3.63) is 238 Å². The van der Waals surface area contributed by atoms with E-state index in [4.69, 9.17) is 33.6 Å². The normalized spacial score (nSPS) is 15.5. The quantitative estimate of drug-likeness (QED) is 0.0336. The van der Waals surface area contributed by atoms with Gasteiger partial charge in [0.25, 0.3) is 0 Å². The summed E-state index contributed by atoms with van der Waals surface area (Å²) < 4.78 is 101. The van der Waals surface area contributed by atoms with Crippen LogP contribution >= 0.6 is 0 Å². The predicted molar refractivity (Wildman–Crippen MR) is 439 cm³/mol. The number of Topliss-reactive ketones (excluding diaryl/α,β-unsaturated/α-hetero) is 6. The zero-order valence-corrected chi connectivity index (χ0v) is 75.6. The van der Waals surface area contributed by atoms with Crippen molar-refractivity contribution in [2.45, 2.75) is 88.9 Å². The van der Waals surface area contributed by atoms with Crippen LogP contribution in [0.5, 0.6) is 0 Å². The van der Waals surface area contributed by atoms with Crippen molar-refractivity contribution < 1.29 is 145 Å². The van der Waals surface area contributed by atoms with E-state index in [0.717, 1.165) is 89.8 Å². The first kappa shape index (κ1) is 92.1. The molecule has 3 N–H and O–H groups in total. The number of benzene rings is 10. The van der Waals surface area contributed by atoms with Gasteiger partial charge in [-0.1, -0.05) is 130 Å². The summed E-state index contributed by atoms with van der Waals surface area (Å²) in [7, 11) is -11.5. The first-order valence-corrected chi connectivity index (χ1v) is 40.9. The van der Waals surface area contributed by atoms with Crippen molar-refractivity contribution >= 4 is 186 Å². The number of esters is 1. The zero-order valence-electron chi connectivity index (χ0n) is 64.4. The number of fused-ring (bicyclic) bond motifs is 12. The number of carbonyl (C=O) groups is 7. The molecule has 0 spiro atoms. The Morgan fingerprint density at radius 3 is 1.29 bits per heavy atom. The molecule has 3 unspecified atom stereocenters. The van der Waals surface area contributed by atoms with Crippen molar-refractivity contribution in [1.29, 1.82) is 0 Å². The maximum atomic E-state index is 12.4. The molecule has 3 atom stereocenters. The molecular formula is C85H79N8O18S3W3-3. The Bertz CT molecular complexity index is 6480. The average molecular weight is 2150 g/mol. The van der Waals surface area contributed by atoms with E-state index in [9.17, 15) is 58.8 Å². The molecule has 0 saturated heterocycles. The molecule has 3 aliphatic rings. The Kier molecular flexibility index (Phi) is 30.2. The molecule has 3 fully saturated rings. The third kappa shape index (κ3) is 20.2. The Morgan fingerprint density at radius 2 is 0.863 bits per heavy atom. The number of sulfonamides is 3. The van der Waals surface area contributed by atoms with E-state index in [2.05, 4.69) is 49.6 Å². The minimum atomic E-state index is -4.08. The third-order valence-corrected chi connectivity index (χ3v) is 23.3. The van der Waals surface area contributed by atoms with Crippen molar-refractivity contribution in [3.63, 3.8) is 0 Å². The van der Waals surface area contributed by atoms with Gasteiger partial charge in [0.1, 0.15) is 57.5 Å². The first-order chi connectivity index (χ1) is 53.1. The maximum absolute atomic E-state index is 12.4. The standard InChI is InChI=1S/C28H22N2O3.C19H18N2O7S2.C18H16N2O5S.C17H14N2O3.3CH3.3W/c1-2-32-26(31)18-24-27-23-15-14-22(17-21(23)13-16-25(27)33-30-24)29-28(19-9-5-3-6-10-19)20-11-7-4-8-12-20;1-29(24,25)21(30(2,26)27)12-4-6-14-11(9-12)3-8-17-18(14)19(20-28-17)15-7-5-13(22)10-16(15)23;1-26(23,24)20-11-3-5-13-10(8-11)2-7-16-17(13)18(19-25-16)14-6-4-12(21)9-15(14)22;18-10-2-4-12-9(7-10)1-6-15-16(12)17(19-22-15)13-5-3-11(20)8-14(13)21;;;;;;/h3-17H,2,18H2,1H3;3-4,6,8-9,15H,5,7,10H2,1-2H3;2-3,5,7-8,14,20H,4,6,9H2,1H3;1-2,4,6-7,13H,3,5,8,18H2;3*1H3;;;/q;;;;3*-1;;;. The van der Waals surface area contributed by atoms with Crippen LogP contribution in [0, 0.1) is 22.3 Å². The summed E-state index contributed by atoms with van der Waals surface area (Å²) in [5, 5.41) is 26.2. The molecule has 606 valence electrons. The predicted octanol–water partition coefficient (Wildman–Crippen LogP) is 15.4. The van der Waals surface area contributed by atoms with Gasteiger partial charge in [0.2, 0.25) is 30.1 Å². The molecule has 4 heterocycles. The summed E-state index contributed by atoms with van der Waals surface area (Å²) in [6, 6.07) is 56.0. The van der Waals surface area contributed by atoms with E-state index in [1.165, 1.54) is 12.1 Å². The van der Waals surface area contributed by atoms with Gasteiger partial charge in [-0.25, -0.2) is 30.2 Å². The maximum Gasteiger partial charge on any atom is 0.312 e. The van der Waals surface area contributed by atoms with Crippen LogP contribution in [-0.2, 0) is 138 Å². The topological polar surface area (TPSA) is 389 Å². The van der Waals surface area contributed by atoms with Crippen molar-refractivity contribution in [3.8, 4) is 0 Å². The number of aromatic nitrogens is 4. The van der Waals surface area contributed by atoms with Gasteiger partial charge in [0, 0.05) is 105 Å². The zero-order chi connectivity index (χ0) is 78.2. The molecule has 10 aromatic carbocycles. The van der Waals surface area contributed by atoms with Gasteiger partial charge in [0.05, 0.1) is 107 Å². The number of nitrogens with two attached hydrogens (primary N) is 1. The molecule has 3 aliphatic carbocycles. The number of hydrogen-bond donors (Lipinski definition) is 2. The van der Waals surface area contributed by atoms with E-state index in [1.54, 1.807) is 49.4 Å². The second-order valence-corrected chi connectivity index (χ2v) is 33.0. The van der Waals surface area contributed by atoms with E-state index < -0.39 is 41.9 Å². The molecule has 0 radical (unpaired) electrons. The Hall–Kier alpha value is -10.4. The number of ether oxygens (including phenoxy) is 1. The van der Waals surface area contributed by atoms with E-state index in [1.807, 2.05) is 103 Å². The number of rotatable bonds is 14. The number of nitrogens with one attached hydrogen (secondary N) is 1. The monoisotopic (exact) mass is 2150 g/mol. The number of nitrogens with zero attached hydrogens (tertiary/aromatic N) is 6. The summed E-state index contributed by atoms with van der Waals surface area (Å²) in [4.78, 5) is 88.4. The van der Waals surface area contributed by atoms with Gasteiger partial charge >= 0.3 is 5.97 Å². The molecule has 0 aliphatic heterocycles. The van der Waals surface area contributed by atoms with Gasteiger partial charge < -0.3 is 50.8 Å². The van der Waals surface area contributed by atoms with Gasteiger partial charge in [-0.05, 0) is 142 Å². The van der Waals surface area contributed by atoms with Crippen molar-refractivity contribution in [2.75, 3.05) is 39.5 Å². The van der Waals surface area contributed by atoms with Crippen LogP contribution in [0.1, 0.15) is 116 Å². The van der Waals surface area contributed by atoms with Crippen LogP contribution < -0.4 is 14.2 Å². The van der Waals surface area contributed by atoms with Crippen LogP contribution in [0.3, 0.4) is 0 Å². The molecule has 26 nitrogen and oxygen atoms in total. The summed E-state index contributed by atoms with van der Waals surface area (Å²) in [6.45, 7) is 2.12. The van der Waals surface area contributed by atoms with Gasteiger partial charge in [-0.2, -0.15) is 3.71 Å². The van der Waals surface area contributed by atoms with Crippen LogP contribution in [0.4, 0.5) is 22.7 Å². The fraction of sp³-hybridized carbons (Fsp3) is 0.212. The van der Waals surface area contributed by atoms with Gasteiger partial charge in [0.15, 0.2) is 22.3 Å². The second kappa shape index (κ2) is 38.3. The molecule has 3 saturated carbocycles. The van der Waals surface area contributed by atoms with Gasteiger partial charge in [-0.3, -0.25) is 38.3 Å². The number of hydrogen-bond acceptors (Lipinski definition) is 24. The van der Waals surface area contributed by atoms with Crippen molar-refractivity contribution in [1.82, 2.24) is 20.6 Å². The van der Waals surface area contributed by atoms with Crippen LogP contribution in [0.25, 0.3) is 87.0 Å². The van der Waals surface area contributed by atoms with Crippen molar-refractivity contribution in [2.24, 2.45) is 4.99 Å². The van der Waals surface area contributed by atoms with Crippen LogP contribution in [0.2, 0.25) is 0 Å². The summed E-state index contributed by atoms with van der Waals surface area (Å²) in [5.74, 6) is -2.24. The minimum absolute atomic E-state index is 0. The number of carbonyl (C=O) groups excluding carboxylic acids is 7. The van der Waals surface area contributed by atoms with Gasteiger partial charge in [-0.15, -0.1) is 0 Å². The first-order valence-electron chi connectivity index (χ1n) is 35.3. The van der Waals surface area contributed by atoms with Crippen LogP contribution in [-0.4, -0.2) is 118 Å². The molecule has 32 heteroatoms. The molecule has 0 bridgehead atoms.